The lowest BCUT2D eigenvalue weighted by atomic mass is 9.94. The molecule has 0 amide bonds. The minimum absolute atomic E-state index is 0.272. The number of aliphatic hydroxyl groups is 1. The van der Waals surface area contributed by atoms with Crippen molar-refractivity contribution >= 4 is 0 Å². The van der Waals surface area contributed by atoms with Gasteiger partial charge in [-0.2, -0.15) is 0 Å². The first-order valence-corrected chi connectivity index (χ1v) is 6.36. The SMILES string of the molecule is COc1ccc(CC(C)CCO)cc1C(C)C. The van der Waals surface area contributed by atoms with Gasteiger partial charge in [0.2, 0.25) is 0 Å². The molecular weight excluding hydrogens is 212 g/mol. The zero-order valence-electron chi connectivity index (χ0n) is 11.4. The Balaban J connectivity index is 2.84. The lowest BCUT2D eigenvalue weighted by Gasteiger charge is -2.15. The highest BCUT2D eigenvalue weighted by Gasteiger charge is 2.10. The molecule has 0 spiro atoms. The normalized spacial score (nSPS) is 12.8. The highest BCUT2D eigenvalue weighted by atomic mass is 16.5. The fourth-order valence-electron chi connectivity index (χ4n) is 2.09. The van der Waals surface area contributed by atoms with Gasteiger partial charge in [0.15, 0.2) is 0 Å². The molecule has 2 heteroatoms. The Hall–Kier alpha value is -1.02. The molecule has 17 heavy (non-hydrogen) atoms. The first kappa shape index (κ1) is 14.0. The molecule has 0 heterocycles. The van der Waals surface area contributed by atoms with Crippen LogP contribution in [-0.2, 0) is 6.42 Å². The first-order chi connectivity index (χ1) is 8.08. The average Bonchev–Trinajstić information content (AvgIpc) is 2.29. The van der Waals surface area contributed by atoms with Crippen LogP contribution < -0.4 is 4.74 Å². The number of rotatable bonds is 6. The maximum absolute atomic E-state index is 8.92. The van der Waals surface area contributed by atoms with Crippen LogP contribution in [0.1, 0.15) is 44.2 Å². The summed E-state index contributed by atoms with van der Waals surface area (Å²) in [5.41, 5.74) is 2.59. The predicted octanol–water partition coefficient (Wildman–Crippen LogP) is 3.38. The van der Waals surface area contributed by atoms with Gasteiger partial charge < -0.3 is 9.84 Å². The third-order valence-corrected chi connectivity index (χ3v) is 3.12. The van der Waals surface area contributed by atoms with Crippen LogP contribution in [0.5, 0.6) is 5.75 Å². The minimum atomic E-state index is 0.272. The highest BCUT2D eigenvalue weighted by Crippen LogP contribution is 2.28. The van der Waals surface area contributed by atoms with E-state index in [2.05, 4.69) is 39.0 Å². The zero-order chi connectivity index (χ0) is 12.8. The Morgan fingerprint density at radius 1 is 1.24 bits per heavy atom. The van der Waals surface area contributed by atoms with Crippen molar-refractivity contribution in [3.63, 3.8) is 0 Å². The maximum Gasteiger partial charge on any atom is 0.122 e. The molecule has 96 valence electrons. The van der Waals surface area contributed by atoms with Crippen molar-refractivity contribution in [1.82, 2.24) is 0 Å². The standard InChI is InChI=1S/C15H24O2/c1-11(2)14-10-13(5-6-15(14)17-4)9-12(3)7-8-16/h5-6,10-12,16H,7-9H2,1-4H3. The molecule has 0 aliphatic carbocycles. The summed E-state index contributed by atoms with van der Waals surface area (Å²) in [6.07, 6.45) is 1.88. The van der Waals surface area contributed by atoms with Gasteiger partial charge in [0.25, 0.3) is 0 Å². The molecule has 0 bridgehead atoms. The van der Waals surface area contributed by atoms with Crippen molar-refractivity contribution in [3.05, 3.63) is 29.3 Å². The Morgan fingerprint density at radius 3 is 2.47 bits per heavy atom. The van der Waals surface area contributed by atoms with Gasteiger partial charge in [-0.05, 0) is 41.9 Å². The van der Waals surface area contributed by atoms with Crippen LogP contribution in [0.15, 0.2) is 18.2 Å². The quantitative estimate of drug-likeness (QED) is 0.820. The number of hydrogen-bond acceptors (Lipinski definition) is 2. The van der Waals surface area contributed by atoms with Crippen LogP contribution >= 0.6 is 0 Å². The Labute approximate surface area is 105 Å². The van der Waals surface area contributed by atoms with Gasteiger partial charge in [0.1, 0.15) is 5.75 Å². The summed E-state index contributed by atoms with van der Waals surface area (Å²) < 4.78 is 5.37. The molecular formula is C15H24O2. The number of methoxy groups -OCH3 is 1. The van der Waals surface area contributed by atoms with E-state index in [1.54, 1.807) is 7.11 Å². The lowest BCUT2D eigenvalue weighted by molar-refractivity contribution is 0.262. The summed E-state index contributed by atoms with van der Waals surface area (Å²) in [6.45, 7) is 6.81. The van der Waals surface area contributed by atoms with Crippen molar-refractivity contribution in [2.24, 2.45) is 5.92 Å². The second-order valence-corrected chi connectivity index (χ2v) is 5.05. The van der Waals surface area contributed by atoms with Crippen molar-refractivity contribution in [3.8, 4) is 5.75 Å². The van der Waals surface area contributed by atoms with Gasteiger partial charge in [-0.25, -0.2) is 0 Å². The molecule has 0 saturated heterocycles. The Kier molecular flexibility index (Phi) is 5.49. The summed E-state index contributed by atoms with van der Waals surface area (Å²) in [7, 11) is 1.72. The van der Waals surface area contributed by atoms with Crippen LogP contribution in [0.4, 0.5) is 0 Å². The molecule has 1 unspecified atom stereocenters. The Bertz CT molecular complexity index is 345. The smallest absolute Gasteiger partial charge is 0.122 e. The van der Waals surface area contributed by atoms with Crippen molar-refractivity contribution in [2.45, 2.75) is 39.5 Å². The van der Waals surface area contributed by atoms with Crippen molar-refractivity contribution in [1.29, 1.82) is 0 Å². The molecule has 0 aliphatic heterocycles. The fraction of sp³-hybridized carbons (Fsp3) is 0.600. The molecule has 0 saturated carbocycles. The average molecular weight is 236 g/mol. The van der Waals surface area contributed by atoms with E-state index in [0.717, 1.165) is 18.6 Å². The van der Waals surface area contributed by atoms with Crippen LogP contribution in [0.3, 0.4) is 0 Å². The summed E-state index contributed by atoms with van der Waals surface area (Å²) in [5, 5.41) is 8.92. The molecule has 1 aromatic rings. The molecule has 0 aromatic heterocycles. The second kappa shape index (κ2) is 6.65. The molecule has 1 atom stereocenters. The summed E-state index contributed by atoms with van der Waals surface area (Å²) in [6, 6.07) is 6.41. The first-order valence-electron chi connectivity index (χ1n) is 6.36. The molecule has 2 nitrogen and oxygen atoms in total. The summed E-state index contributed by atoms with van der Waals surface area (Å²) >= 11 is 0. The van der Waals surface area contributed by atoms with E-state index in [9.17, 15) is 0 Å². The third kappa shape index (κ3) is 4.04. The molecule has 0 fully saturated rings. The number of benzene rings is 1. The van der Waals surface area contributed by atoms with Crippen LogP contribution in [0, 0.1) is 5.92 Å². The van der Waals surface area contributed by atoms with E-state index >= 15 is 0 Å². The van der Waals surface area contributed by atoms with Gasteiger partial charge in [-0.3, -0.25) is 0 Å². The van der Waals surface area contributed by atoms with E-state index in [1.165, 1.54) is 11.1 Å². The topological polar surface area (TPSA) is 29.5 Å². The van der Waals surface area contributed by atoms with Gasteiger partial charge in [0, 0.05) is 6.61 Å². The summed E-state index contributed by atoms with van der Waals surface area (Å²) in [4.78, 5) is 0. The van der Waals surface area contributed by atoms with E-state index in [0.29, 0.717) is 11.8 Å². The third-order valence-electron chi connectivity index (χ3n) is 3.12. The number of aliphatic hydroxyl groups excluding tert-OH is 1. The van der Waals surface area contributed by atoms with Crippen LogP contribution in [-0.4, -0.2) is 18.8 Å². The molecule has 0 aliphatic rings. The van der Waals surface area contributed by atoms with Gasteiger partial charge >= 0.3 is 0 Å². The van der Waals surface area contributed by atoms with E-state index < -0.39 is 0 Å². The van der Waals surface area contributed by atoms with Gasteiger partial charge in [-0.15, -0.1) is 0 Å². The predicted molar refractivity (Wildman–Crippen MR) is 71.7 cm³/mol. The highest BCUT2D eigenvalue weighted by molar-refractivity contribution is 5.39. The van der Waals surface area contributed by atoms with Gasteiger partial charge in [0.05, 0.1) is 7.11 Å². The monoisotopic (exact) mass is 236 g/mol. The molecule has 1 N–H and O–H groups in total. The largest absolute Gasteiger partial charge is 0.496 e. The number of hydrogen-bond donors (Lipinski definition) is 1. The molecule has 1 aromatic carbocycles. The minimum Gasteiger partial charge on any atom is -0.496 e. The van der Waals surface area contributed by atoms with E-state index in [1.807, 2.05) is 0 Å². The second-order valence-electron chi connectivity index (χ2n) is 5.05. The van der Waals surface area contributed by atoms with Crippen LogP contribution in [0.2, 0.25) is 0 Å². The molecule has 0 radical (unpaired) electrons. The van der Waals surface area contributed by atoms with Crippen molar-refractivity contribution in [2.75, 3.05) is 13.7 Å². The fourth-order valence-corrected chi connectivity index (χ4v) is 2.09. The van der Waals surface area contributed by atoms with E-state index in [-0.39, 0.29) is 6.61 Å². The van der Waals surface area contributed by atoms with Crippen LogP contribution in [0.25, 0.3) is 0 Å². The van der Waals surface area contributed by atoms with Gasteiger partial charge in [-0.1, -0.05) is 32.9 Å². The lowest BCUT2D eigenvalue weighted by Crippen LogP contribution is -2.03. The number of ether oxygens (including phenoxy) is 1. The Morgan fingerprint density at radius 2 is 1.94 bits per heavy atom. The molecule has 1 rings (SSSR count). The zero-order valence-corrected chi connectivity index (χ0v) is 11.4. The van der Waals surface area contributed by atoms with E-state index in [4.69, 9.17) is 9.84 Å². The maximum atomic E-state index is 8.92. The summed E-state index contributed by atoms with van der Waals surface area (Å²) in [5.74, 6) is 1.96. The van der Waals surface area contributed by atoms with Crippen molar-refractivity contribution < 1.29 is 9.84 Å².